The maximum atomic E-state index is 13.0. The number of benzene rings is 2. The van der Waals surface area contributed by atoms with Crippen LogP contribution < -0.4 is 5.32 Å². The van der Waals surface area contributed by atoms with Crippen molar-refractivity contribution < 1.29 is 8.78 Å². The van der Waals surface area contributed by atoms with Gasteiger partial charge in [-0.25, -0.2) is 8.78 Å². The Kier molecular flexibility index (Phi) is 5.82. The monoisotopic (exact) mass is 349 g/mol. The standard InChI is InChI=1S/C15H12Cl3F2N/c16-13-1-2-14(17)15(18)12(13)8-21-4-3-9-5-10(19)7-11(20)6-9/h1-2,5-7,21H,3-4,8H2. The molecule has 0 saturated heterocycles. The summed E-state index contributed by atoms with van der Waals surface area (Å²) in [5.74, 6) is -1.16. The minimum Gasteiger partial charge on any atom is -0.312 e. The van der Waals surface area contributed by atoms with Gasteiger partial charge in [-0.2, -0.15) is 0 Å². The van der Waals surface area contributed by atoms with Crippen molar-refractivity contribution >= 4 is 34.8 Å². The summed E-state index contributed by atoms with van der Waals surface area (Å²) in [7, 11) is 0. The Balaban J connectivity index is 1.92. The van der Waals surface area contributed by atoms with Gasteiger partial charge in [-0.15, -0.1) is 0 Å². The summed E-state index contributed by atoms with van der Waals surface area (Å²) in [6, 6.07) is 6.77. The maximum absolute atomic E-state index is 13.0. The molecule has 21 heavy (non-hydrogen) atoms. The van der Waals surface area contributed by atoms with Gasteiger partial charge >= 0.3 is 0 Å². The summed E-state index contributed by atoms with van der Waals surface area (Å²) in [5.41, 5.74) is 1.29. The third-order valence-electron chi connectivity index (χ3n) is 2.95. The molecule has 0 atom stereocenters. The van der Waals surface area contributed by atoms with E-state index in [1.165, 1.54) is 12.1 Å². The van der Waals surface area contributed by atoms with Crippen LogP contribution in [-0.2, 0) is 13.0 Å². The lowest BCUT2D eigenvalue weighted by molar-refractivity contribution is 0.577. The molecule has 0 spiro atoms. The first-order chi connectivity index (χ1) is 9.97. The summed E-state index contributed by atoms with van der Waals surface area (Å²) >= 11 is 18.1. The molecule has 0 bridgehead atoms. The number of hydrogen-bond donors (Lipinski definition) is 1. The predicted octanol–water partition coefficient (Wildman–Crippen LogP) is 5.26. The number of nitrogens with one attached hydrogen (secondary N) is 1. The fraction of sp³-hybridized carbons (Fsp3) is 0.200. The van der Waals surface area contributed by atoms with Gasteiger partial charge in [0.2, 0.25) is 0 Å². The molecule has 6 heteroatoms. The van der Waals surface area contributed by atoms with Gasteiger partial charge in [-0.3, -0.25) is 0 Å². The molecule has 0 aliphatic carbocycles. The van der Waals surface area contributed by atoms with Crippen LogP contribution in [-0.4, -0.2) is 6.54 Å². The van der Waals surface area contributed by atoms with E-state index in [0.29, 0.717) is 45.7 Å². The van der Waals surface area contributed by atoms with Gasteiger partial charge in [0.1, 0.15) is 11.6 Å². The highest BCUT2D eigenvalue weighted by atomic mass is 35.5. The third-order valence-corrected chi connectivity index (χ3v) is 4.15. The second-order valence-corrected chi connectivity index (χ2v) is 5.72. The van der Waals surface area contributed by atoms with Crippen molar-refractivity contribution in [1.29, 1.82) is 0 Å². The van der Waals surface area contributed by atoms with Gasteiger partial charge in [0.15, 0.2) is 0 Å². The molecule has 0 aromatic heterocycles. The van der Waals surface area contributed by atoms with Gasteiger partial charge in [-0.1, -0.05) is 34.8 Å². The Morgan fingerprint density at radius 2 is 1.52 bits per heavy atom. The largest absolute Gasteiger partial charge is 0.312 e. The second kappa shape index (κ2) is 7.41. The Bertz CT molecular complexity index is 627. The summed E-state index contributed by atoms with van der Waals surface area (Å²) in [4.78, 5) is 0. The molecule has 1 N–H and O–H groups in total. The van der Waals surface area contributed by atoms with E-state index in [1.54, 1.807) is 12.1 Å². The van der Waals surface area contributed by atoms with E-state index < -0.39 is 11.6 Å². The van der Waals surface area contributed by atoms with Crippen LogP contribution in [0, 0.1) is 11.6 Å². The summed E-state index contributed by atoms with van der Waals surface area (Å²) in [6.07, 6.45) is 0.491. The van der Waals surface area contributed by atoms with Crippen LogP contribution in [0.1, 0.15) is 11.1 Å². The third kappa shape index (κ3) is 4.55. The molecule has 0 saturated carbocycles. The van der Waals surface area contributed by atoms with Crippen LogP contribution in [0.5, 0.6) is 0 Å². The number of hydrogen-bond acceptors (Lipinski definition) is 1. The first kappa shape index (κ1) is 16.5. The zero-order valence-electron chi connectivity index (χ0n) is 10.9. The second-order valence-electron chi connectivity index (χ2n) is 4.53. The van der Waals surface area contributed by atoms with E-state index in [-0.39, 0.29) is 0 Å². The Morgan fingerprint density at radius 1 is 0.905 bits per heavy atom. The molecule has 1 nitrogen and oxygen atoms in total. The van der Waals surface area contributed by atoms with E-state index in [1.807, 2.05) is 0 Å². The summed E-state index contributed by atoms with van der Waals surface area (Å²) in [6.45, 7) is 0.956. The van der Waals surface area contributed by atoms with Gasteiger partial charge in [0.25, 0.3) is 0 Å². The minimum absolute atomic E-state index is 0.411. The van der Waals surface area contributed by atoms with Gasteiger partial charge in [0, 0.05) is 23.2 Å². The fourth-order valence-electron chi connectivity index (χ4n) is 1.93. The van der Waals surface area contributed by atoms with E-state index in [0.717, 1.165) is 6.07 Å². The topological polar surface area (TPSA) is 12.0 Å². The van der Waals surface area contributed by atoms with Crippen LogP contribution in [0.3, 0.4) is 0 Å². The molecule has 0 aliphatic heterocycles. The fourth-order valence-corrected chi connectivity index (χ4v) is 2.61. The van der Waals surface area contributed by atoms with Crippen molar-refractivity contribution in [3.63, 3.8) is 0 Å². The minimum atomic E-state index is -0.578. The van der Waals surface area contributed by atoms with Crippen molar-refractivity contribution in [2.45, 2.75) is 13.0 Å². The predicted molar refractivity (Wildman–Crippen MR) is 83.2 cm³/mol. The van der Waals surface area contributed by atoms with Gasteiger partial charge in [-0.05, 0) is 42.8 Å². The molecule has 0 aliphatic rings. The lowest BCUT2D eigenvalue weighted by Crippen LogP contribution is -2.17. The maximum Gasteiger partial charge on any atom is 0.126 e. The van der Waals surface area contributed by atoms with Crippen molar-refractivity contribution in [2.75, 3.05) is 6.54 Å². The quantitative estimate of drug-likeness (QED) is 0.573. The highest BCUT2D eigenvalue weighted by molar-refractivity contribution is 6.44. The zero-order valence-corrected chi connectivity index (χ0v) is 13.2. The van der Waals surface area contributed by atoms with Crippen molar-refractivity contribution in [2.24, 2.45) is 0 Å². The Morgan fingerprint density at radius 3 is 2.19 bits per heavy atom. The molecule has 0 heterocycles. The lowest BCUT2D eigenvalue weighted by Gasteiger charge is -2.10. The van der Waals surface area contributed by atoms with Crippen molar-refractivity contribution in [3.8, 4) is 0 Å². The molecule has 0 fully saturated rings. The average Bonchev–Trinajstić information content (AvgIpc) is 2.41. The van der Waals surface area contributed by atoms with Crippen LogP contribution in [0.2, 0.25) is 15.1 Å². The van der Waals surface area contributed by atoms with Crippen molar-refractivity contribution in [1.82, 2.24) is 5.32 Å². The zero-order chi connectivity index (χ0) is 15.4. The number of rotatable bonds is 5. The summed E-state index contributed by atoms with van der Waals surface area (Å²) < 4.78 is 26.1. The van der Waals surface area contributed by atoms with E-state index in [9.17, 15) is 8.78 Å². The van der Waals surface area contributed by atoms with Crippen molar-refractivity contribution in [3.05, 3.63) is 68.2 Å². The van der Waals surface area contributed by atoms with Crippen LogP contribution >= 0.6 is 34.8 Å². The molecule has 112 valence electrons. The first-order valence-corrected chi connectivity index (χ1v) is 7.39. The van der Waals surface area contributed by atoms with Crippen LogP contribution in [0.25, 0.3) is 0 Å². The SMILES string of the molecule is Fc1cc(F)cc(CCNCc2c(Cl)ccc(Cl)c2Cl)c1. The van der Waals surface area contributed by atoms with Crippen LogP contribution in [0.4, 0.5) is 8.78 Å². The molecule has 2 rings (SSSR count). The lowest BCUT2D eigenvalue weighted by atomic mass is 10.1. The molecule has 2 aromatic rings. The average molecular weight is 351 g/mol. The highest BCUT2D eigenvalue weighted by Crippen LogP contribution is 2.31. The van der Waals surface area contributed by atoms with E-state index in [4.69, 9.17) is 34.8 Å². The van der Waals surface area contributed by atoms with E-state index in [2.05, 4.69) is 5.32 Å². The molecular weight excluding hydrogens is 339 g/mol. The number of halogens is 5. The molecule has 0 amide bonds. The van der Waals surface area contributed by atoms with Gasteiger partial charge in [0.05, 0.1) is 10.0 Å². The molecular formula is C15H12Cl3F2N. The van der Waals surface area contributed by atoms with E-state index >= 15 is 0 Å². The smallest absolute Gasteiger partial charge is 0.126 e. The highest BCUT2D eigenvalue weighted by Gasteiger charge is 2.09. The van der Waals surface area contributed by atoms with Gasteiger partial charge < -0.3 is 5.32 Å². The first-order valence-electron chi connectivity index (χ1n) is 6.25. The molecule has 0 radical (unpaired) electrons. The van der Waals surface area contributed by atoms with Crippen LogP contribution in [0.15, 0.2) is 30.3 Å². The molecule has 2 aromatic carbocycles. The molecule has 0 unspecified atom stereocenters. The Labute approximate surface area is 136 Å². The Hall–Kier alpha value is -0.870. The summed E-state index contributed by atoms with van der Waals surface area (Å²) in [5, 5.41) is 4.49. The normalized spacial score (nSPS) is 10.9.